The van der Waals surface area contributed by atoms with Crippen LogP contribution in [0.3, 0.4) is 0 Å². The smallest absolute Gasteiger partial charge is 0.266 e. The fraction of sp³-hybridized carbons (Fsp3) is 0.350. The second kappa shape index (κ2) is 9.94. The van der Waals surface area contributed by atoms with Crippen molar-refractivity contribution in [2.75, 3.05) is 31.9 Å². The Balaban J connectivity index is 2.35. The minimum absolute atomic E-state index is 0.0688. The van der Waals surface area contributed by atoms with E-state index in [0.717, 1.165) is 24.3 Å². The molecule has 0 aromatic heterocycles. The first-order chi connectivity index (χ1) is 14.1. The zero-order valence-electron chi connectivity index (χ0n) is 16.6. The molecule has 0 unspecified atom stereocenters. The van der Waals surface area contributed by atoms with Crippen LogP contribution in [-0.4, -0.2) is 40.9 Å². The number of hydrogen-bond donors (Lipinski definition) is 1. The highest BCUT2D eigenvalue weighted by molar-refractivity contribution is 7.91. The van der Waals surface area contributed by atoms with Crippen molar-refractivity contribution in [1.29, 1.82) is 0 Å². The Bertz CT molecular complexity index is 1010. The molecular formula is C20H22F3NO5S. The number of rotatable bonds is 9. The van der Waals surface area contributed by atoms with E-state index in [-0.39, 0.29) is 40.2 Å². The quantitative estimate of drug-likeness (QED) is 0.629. The molecule has 0 aliphatic carbocycles. The van der Waals surface area contributed by atoms with Crippen LogP contribution in [0, 0.1) is 11.7 Å². The predicted molar refractivity (Wildman–Crippen MR) is 105 cm³/mol. The summed E-state index contributed by atoms with van der Waals surface area (Å²) in [6.07, 6.45) is -3.06. The molecular weight excluding hydrogens is 423 g/mol. The van der Waals surface area contributed by atoms with E-state index in [2.05, 4.69) is 5.32 Å². The van der Waals surface area contributed by atoms with Crippen LogP contribution in [0.4, 0.5) is 18.9 Å². The summed E-state index contributed by atoms with van der Waals surface area (Å²) in [4.78, 5) is 12.6. The number of hydrogen-bond acceptors (Lipinski definition) is 5. The van der Waals surface area contributed by atoms with Crippen LogP contribution >= 0.6 is 0 Å². The van der Waals surface area contributed by atoms with Gasteiger partial charge in [0.25, 0.3) is 12.3 Å². The summed E-state index contributed by atoms with van der Waals surface area (Å²) in [6.45, 7) is 1.97. The molecule has 0 heterocycles. The number of benzene rings is 2. The molecule has 0 saturated carbocycles. The van der Waals surface area contributed by atoms with Crippen LogP contribution in [0.1, 0.15) is 29.3 Å². The van der Waals surface area contributed by atoms with Gasteiger partial charge in [-0.1, -0.05) is 6.92 Å². The molecule has 0 saturated heterocycles. The van der Waals surface area contributed by atoms with E-state index in [1.807, 2.05) is 0 Å². The Morgan fingerprint density at radius 3 is 2.43 bits per heavy atom. The van der Waals surface area contributed by atoms with E-state index in [1.165, 1.54) is 26.4 Å². The minimum Gasteiger partial charge on any atom is -0.496 e. The molecule has 10 heteroatoms. The second-order valence-electron chi connectivity index (χ2n) is 6.70. The van der Waals surface area contributed by atoms with Gasteiger partial charge in [0, 0.05) is 19.4 Å². The summed E-state index contributed by atoms with van der Waals surface area (Å²) in [7, 11) is -0.958. The number of sulfone groups is 1. The number of carbonyl (C=O) groups is 1. The number of ether oxygens (including phenoxy) is 2. The van der Waals surface area contributed by atoms with Gasteiger partial charge in [0.15, 0.2) is 9.84 Å². The van der Waals surface area contributed by atoms with Gasteiger partial charge in [-0.3, -0.25) is 4.79 Å². The highest BCUT2D eigenvalue weighted by Gasteiger charge is 2.23. The van der Waals surface area contributed by atoms with E-state index < -0.39 is 33.6 Å². The molecule has 0 radical (unpaired) electrons. The first-order valence-electron chi connectivity index (χ1n) is 8.87. The highest BCUT2D eigenvalue weighted by atomic mass is 32.2. The third kappa shape index (κ3) is 5.73. The standard InChI is InChI=1S/C20H22F3NO5S/c1-12(10-28-2)11-30(26,27)14-5-7-18(29-3)16(9-14)20(25)24-13-4-6-17(21)15(8-13)19(22)23/h4-9,12,19H,10-11H2,1-3H3,(H,24,25)/t12-/m1/s1. The summed E-state index contributed by atoms with van der Waals surface area (Å²) in [5, 5.41) is 2.36. The molecule has 2 aromatic rings. The van der Waals surface area contributed by atoms with Gasteiger partial charge in [0.1, 0.15) is 11.6 Å². The first-order valence-corrected chi connectivity index (χ1v) is 10.5. The Morgan fingerprint density at radius 2 is 1.83 bits per heavy atom. The van der Waals surface area contributed by atoms with E-state index in [9.17, 15) is 26.4 Å². The molecule has 0 aliphatic heterocycles. The number of methoxy groups -OCH3 is 2. The first kappa shape index (κ1) is 23.7. The van der Waals surface area contributed by atoms with Gasteiger partial charge in [-0.05, 0) is 42.3 Å². The Kier molecular flexibility index (Phi) is 7.85. The van der Waals surface area contributed by atoms with Crippen molar-refractivity contribution >= 4 is 21.4 Å². The van der Waals surface area contributed by atoms with E-state index >= 15 is 0 Å². The zero-order chi connectivity index (χ0) is 22.5. The Hall–Kier alpha value is -2.59. The van der Waals surface area contributed by atoms with Gasteiger partial charge in [0.05, 0.1) is 28.9 Å². The summed E-state index contributed by atoms with van der Waals surface area (Å²) < 4.78 is 74.6. The van der Waals surface area contributed by atoms with Crippen LogP contribution in [0.15, 0.2) is 41.3 Å². The molecule has 2 rings (SSSR count). The van der Waals surface area contributed by atoms with Gasteiger partial charge in [-0.2, -0.15) is 0 Å². The molecule has 0 spiro atoms. The van der Waals surface area contributed by atoms with Crippen molar-refractivity contribution in [3.63, 3.8) is 0 Å². The van der Waals surface area contributed by atoms with E-state index in [0.29, 0.717) is 0 Å². The Labute approximate surface area is 172 Å². The number of carbonyl (C=O) groups excluding carboxylic acids is 1. The maximum Gasteiger partial charge on any atom is 0.266 e. The molecule has 0 bridgehead atoms. The van der Waals surface area contributed by atoms with Crippen molar-refractivity contribution < 1.29 is 35.9 Å². The van der Waals surface area contributed by atoms with Crippen LogP contribution in [-0.2, 0) is 14.6 Å². The van der Waals surface area contributed by atoms with Crippen LogP contribution < -0.4 is 10.1 Å². The van der Waals surface area contributed by atoms with Crippen LogP contribution in [0.5, 0.6) is 5.75 Å². The SMILES string of the molecule is COC[C@@H](C)CS(=O)(=O)c1ccc(OC)c(C(=O)Nc2ccc(F)c(C(F)F)c2)c1. The molecule has 164 valence electrons. The summed E-state index contributed by atoms with van der Waals surface area (Å²) in [6, 6.07) is 6.55. The normalized spacial score (nSPS) is 12.6. The Morgan fingerprint density at radius 1 is 1.13 bits per heavy atom. The predicted octanol–water partition coefficient (Wildman–Crippen LogP) is 4.08. The van der Waals surface area contributed by atoms with Crippen molar-refractivity contribution in [1.82, 2.24) is 0 Å². The number of anilines is 1. The number of nitrogens with one attached hydrogen (secondary N) is 1. The molecule has 0 aliphatic rings. The highest BCUT2D eigenvalue weighted by Crippen LogP contribution is 2.28. The molecule has 30 heavy (non-hydrogen) atoms. The molecule has 1 atom stereocenters. The topological polar surface area (TPSA) is 81.7 Å². The lowest BCUT2D eigenvalue weighted by Crippen LogP contribution is -2.19. The number of alkyl halides is 2. The van der Waals surface area contributed by atoms with Gasteiger partial charge >= 0.3 is 0 Å². The molecule has 1 N–H and O–H groups in total. The van der Waals surface area contributed by atoms with Crippen molar-refractivity contribution in [3.05, 3.63) is 53.3 Å². The van der Waals surface area contributed by atoms with Gasteiger partial charge in [-0.15, -0.1) is 0 Å². The largest absolute Gasteiger partial charge is 0.496 e. The lowest BCUT2D eigenvalue weighted by atomic mass is 10.1. The average molecular weight is 445 g/mol. The lowest BCUT2D eigenvalue weighted by Gasteiger charge is -2.14. The average Bonchev–Trinajstić information content (AvgIpc) is 2.68. The minimum atomic E-state index is -3.72. The van der Waals surface area contributed by atoms with Crippen LogP contribution in [0.25, 0.3) is 0 Å². The molecule has 6 nitrogen and oxygen atoms in total. The number of halogens is 3. The van der Waals surface area contributed by atoms with Crippen LogP contribution in [0.2, 0.25) is 0 Å². The summed E-state index contributed by atoms with van der Waals surface area (Å²) >= 11 is 0. The summed E-state index contributed by atoms with van der Waals surface area (Å²) in [5.41, 5.74) is -1.04. The van der Waals surface area contributed by atoms with E-state index in [1.54, 1.807) is 6.92 Å². The third-order valence-corrected chi connectivity index (χ3v) is 6.20. The fourth-order valence-corrected chi connectivity index (χ4v) is 4.46. The van der Waals surface area contributed by atoms with Gasteiger partial charge in [0.2, 0.25) is 0 Å². The molecule has 0 fully saturated rings. The van der Waals surface area contributed by atoms with E-state index in [4.69, 9.17) is 9.47 Å². The maximum absolute atomic E-state index is 13.5. The fourth-order valence-electron chi connectivity index (χ4n) is 2.85. The van der Waals surface area contributed by atoms with Crippen molar-refractivity contribution in [2.45, 2.75) is 18.2 Å². The second-order valence-corrected chi connectivity index (χ2v) is 8.73. The third-order valence-electron chi connectivity index (χ3n) is 4.22. The monoisotopic (exact) mass is 445 g/mol. The number of amides is 1. The molecule has 1 amide bonds. The zero-order valence-corrected chi connectivity index (χ0v) is 17.4. The van der Waals surface area contributed by atoms with Gasteiger partial charge in [-0.25, -0.2) is 21.6 Å². The summed E-state index contributed by atoms with van der Waals surface area (Å²) in [5.74, 6) is -2.26. The molecule has 2 aromatic carbocycles. The lowest BCUT2D eigenvalue weighted by molar-refractivity contribution is 0.102. The van der Waals surface area contributed by atoms with Gasteiger partial charge < -0.3 is 14.8 Å². The van der Waals surface area contributed by atoms with Crippen molar-refractivity contribution in [2.24, 2.45) is 5.92 Å². The maximum atomic E-state index is 13.5. The van der Waals surface area contributed by atoms with Crippen molar-refractivity contribution in [3.8, 4) is 5.75 Å².